The second-order valence-electron chi connectivity index (χ2n) is 11.5. The number of hydrogen-bond acceptors (Lipinski definition) is 7. The molecule has 1 fully saturated rings. The first-order chi connectivity index (χ1) is 19.0. The summed E-state index contributed by atoms with van der Waals surface area (Å²) in [4.78, 5) is 47.4. The number of rotatable bonds is 5. The summed E-state index contributed by atoms with van der Waals surface area (Å²) < 4.78 is 5.86. The first-order valence-electron chi connectivity index (χ1n) is 14.4. The Hall–Kier alpha value is -3.10. The van der Waals surface area contributed by atoms with Crippen molar-refractivity contribution >= 4 is 17.7 Å². The van der Waals surface area contributed by atoms with Crippen LogP contribution in [-0.2, 0) is 14.3 Å². The fourth-order valence-electron chi connectivity index (χ4n) is 5.22. The highest BCUT2D eigenvalue weighted by Crippen LogP contribution is 2.29. The smallest absolute Gasteiger partial charge is 0.410 e. The standard InChI is InChI=1S/C32H45N3O5/c1-23(26-13-7-9-18-33-26)11-10-12-24(2)29-25(3)15-16-28(40-31(38)35-21-19-34(5)20-22-35)32(4,39)17-8-6-14-27(36)30(29)37/h7,9-13,15-16,18,23,25,28-29,39H,6,8,14,17,19-22H2,1-5H3/b11-10+,16-15+,24-12+/t23-,25-,28-,29+,32-/m0/s1. The van der Waals surface area contributed by atoms with Crippen LogP contribution in [0.1, 0.15) is 65.0 Å². The van der Waals surface area contributed by atoms with Crippen LogP contribution >= 0.6 is 0 Å². The molecule has 3 rings (SSSR count). The predicted octanol–water partition coefficient (Wildman–Crippen LogP) is 4.71. The third-order valence-corrected chi connectivity index (χ3v) is 8.02. The van der Waals surface area contributed by atoms with E-state index in [1.807, 2.05) is 64.2 Å². The van der Waals surface area contributed by atoms with E-state index in [2.05, 4.69) is 9.88 Å². The van der Waals surface area contributed by atoms with Gasteiger partial charge in [0.15, 0.2) is 11.9 Å². The SMILES string of the molecule is C/C(=C\C=C\[C@H](C)c1ccccn1)[C@H]1C(=O)C(=O)CCCC[C@](C)(O)[C@@H](OC(=O)N2CCN(C)CC2)/C=C/[C@@H]1C. The fraction of sp³-hybridized carbons (Fsp3) is 0.562. The lowest BCUT2D eigenvalue weighted by Crippen LogP contribution is -2.50. The van der Waals surface area contributed by atoms with Gasteiger partial charge in [-0.1, -0.05) is 49.8 Å². The summed E-state index contributed by atoms with van der Waals surface area (Å²) >= 11 is 0. The number of aliphatic hydroxyl groups is 1. The predicted molar refractivity (Wildman–Crippen MR) is 156 cm³/mol. The van der Waals surface area contributed by atoms with Gasteiger partial charge in [0.25, 0.3) is 0 Å². The molecule has 1 aromatic heterocycles. The highest BCUT2D eigenvalue weighted by molar-refractivity contribution is 6.38. The first kappa shape index (κ1) is 31.4. The van der Waals surface area contributed by atoms with Gasteiger partial charge in [0, 0.05) is 50.4 Å². The molecule has 0 bridgehead atoms. The van der Waals surface area contributed by atoms with Crippen LogP contribution in [0.5, 0.6) is 0 Å². The maximum Gasteiger partial charge on any atom is 0.410 e. The molecule has 0 aromatic carbocycles. The van der Waals surface area contributed by atoms with Gasteiger partial charge < -0.3 is 19.6 Å². The molecular formula is C32H45N3O5. The summed E-state index contributed by atoms with van der Waals surface area (Å²) in [5.74, 6) is -1.71. The van der Waals surface area contributed by atoms with Gasteiger partial charge in [0.2, 0.25) is 5.78 Å². The van der Waals surface area contributed by atoms with Crippen molar-refractivity contribution in [2.24, 2.45) is 11.8 Å². The minimum Gasteiger partial charge on any atom is -0.439 e. The number of hydrogen-bond donors (Lipinski definition) is 1. The Balaban J connectivity index is 1.83. The first-order valence-corrected chi connectivity index (χ1v) is 14.4. The molecule has 5 atom stereocenters. The monoisotopic (exact) mass is 551 g/mol. The molecule has 1 aliphatic heterocycles. The molecule has 1 N–H and O–H groups in total. The van der Waals surface area contributed by atoms with Crippen LogP contribution in [0.4, 0.5) is 4.79 Å². The molecule has 1 amide bonds. The van der Waals surface area contributed by atoms with Crippen molar-refractivity contribution in [3.63, 3.8) is 0 Å². The second-order valence-corrected chi connectivity index (χ2v) is 11.5. The van der Waals surface area contributed by atoms with E-state index in [4.69, 9.17) is 4.74 Å². The number of likely N-dealkylation sites (N-methyl/N-ethyl adjacent to an activating group) is 1. The Labute approximate surface area is 238 Å². The van der Waals surface area contributed by atoms with Gasteiger partial charge in [-0.2, -0.15) is 0 Å². The molecule has 2 aliphatic rings. The molecule has 40 heavy (non-hydrogen) atoms. The lowest BCUT2D eigenvalue weighted by atomic mass is 9.80. The van der Waals surface area contributed by atoms with Crippen molar-refractivity contribution in [1.29, 1.82) is 0 Å². The van der Waals surface area contributed by atoms with E-state index in [1.165, 1.54) is 0 Å². The summed E-state index contributed by atoms with van der Waals surface area (Å²) in [6.07, 6.45) is 11.2. The van der Waals surface area contributed by atoms with Crippen LogP contribution in [0.3, 0.4) is 0 Å². The number of amides is 1. The number of carbonyl (C=O) groups excluding carboxylic acids is 3. The topological polar surface area (TPSA) is 100 Å². The quantitative estimate of drug-likeness (QED) is 0.321. The van der Waals surface area contributed by atoms with Crippen molar-refractivity contribution in [3.05, 3.63) is 66.0 Å². The van der Waals surface area contributed by atoms with E-state index >= 15 is 0 Å². The zero-order valence-corrected chi connectivity index (χ0v) is 24.6. The summed E-state index contributed by atoms with van der Waals surface area (Å²) in [6, 6.07) is 5.79. The molecule has 8 heteroatoms. The molecule has 0 spiro atoms. The summed E-state index contributed by atoms with van der Waals surface area (Å²) in [7, 11) is 2.01. The molecule has 1 aromatic rings. The Bertz CT molecular complexity index is 1100. The third kappa shape index (κ3) is 8.70. The molecule has 0 saturated carbocycles. The van der Waals surface area contributed by atoms with Crippen LogP contribution in [0.25, 0.3) is 0 Å². The summed E-state index contributed by atoms with van der Waals surface area (Å²) in [5, 5.41) is 11.3. The number of ketones is 2. The van der Waals surface area contributed by atoms with Crippen LogP contribution in [0.15, 0.2) is 60.3 Å². The zero-order chi connectivity index (χ0) is 29.3. The average molecular weight is 552 g/mol. The number of ether oxygens (including phenoxy) is 1. The van der Waals surface area contributed by atoms with E-state index < -0.39 is 29.5 Å². The second kappa shape index (κ2) is 14.5. The van der Waals surface area contributed by atoms with Crippen LogP contribution in [0, 0.1) is 11.8 Å². The molecule has 218 valence electrons. The van der Waals surface area contributed by atoms with Crippen LogP contribution in [0.2, 0.25) is 0 Å². The number of Topliss-reactive ketones (excluding diaryl/α,β-unsaturated/α-hetero) is 2. The summed E-state index contributed by atoms with van der Waals surface area (Å²) in [6.45, 7) is 10.1. The van der Waals surface area contributed by atoms with Crippen molar-refractivity contribution in [1.82, 2.24) is 14.8 Å². The van der Waals surface area contributed by atoms with E-state index in [1.54, 1.807) is 30.2 Å². The summed E-state index contributed by atoms with van der Waals surface area (Å²) in [5.41, 5.74) is 0.410. The van der Waals surface area contributed by atoms with Crippen molar-refractivity contribution in [2.75, 3.05) is 33.2 Å². The number of nitrogens with zero attached hydrogens (tertiary/aromatic N) is 3. The minimum absolute atomic E-state index is 0.0918. The van der Waals surface area contributed by atoms with E-state index in [0.717, 1.165) is 24.4 Å². The van der Waals surface area contributed by atoms with Gasteiger partial charge in [0.1, 0.15) is 5.60 Å². The van der Waals surface area contributed by atoms with Gasteiger partial charge >= 0.3 is 6.09 Å². The molecule has 0 radical (unpaired) electrons. The number of aromatic nitrogens is 1. The van der Waals surface area contributed by atoms with E-state index in [0.29, 0.717) is 32.4 Å². The maximum absolute atomic E-state index is 13.3. The Kier molecular flexibility index (Phi) is 11.4. The molecule has 2 heterocycles. The Morgan fingerprint density at radius 3 is 2.58 bits per heavy atom. The van der Waals surface area contributed by atoms with Crippen LogP contribution in [-0.4, -0.2) is 82.5 Å². The van der Waals surface area contributed by atoms with E-state index in [9.17, 15) is 19.5 Å². The van der Waals surface area contributed by atoms with Crippen molar-refractivity contribution < 1.29 is 24.2 Å². The fourth-order valence-corrected chi connectivity index (χ4v) is 5.22. The lowest BCUT2D eigenvalue weighted by Gasteiger charge is -2.36. The van der Waals surface area contributed by atoms with Gasteiger partial charge in [-0.25, -0.2) is 4.79 Å². The largest absolute Gasteiger partial charge is 0.439 e. The lowest BCUT2D eigenvalue weighted by molar-refractivity contribution is -0.139. The molecule has 0 unspecified atom stereocenters. The molecule has 1 aliphatic carbocycles. The highest BCUT2D eigenvalue weighted by Gasteiger charge is 2.36. The van der Waals surface area contributed by atoms with Crippen molar-refractivity contribution in [3.8, 4) is 0 Å². The number of allylic oxidation sites excluding steroid dienone is 5. The number of pyridine rings is 1. The zero-order valence-electron chi connectivity index (χ0n) is 24.6. The molecular weight excluding hydrogens is 506 g/mol. The van der Waals surface area contributed by atoms with Crippen molar-refractivity contribution in [2.45, 2.75) is 71.0 Å². The Morgan fingerprint density at radius 1 is 1.18 bits per heavy atom. The maximum atomic E-state index is 13.3. The Morgan fingerprint density at radius 2 is 1.90 bits per heavy atom. The van der Waals surface area contributed by atoms with Gasteiger partial charge in [-0.05, 0) is 64.3 Å². The molecule has 1 saturated heterocycles. The third-order valence-electron chi connectivity index (χ3n) is 8.02. The normalized spacial score (nSPS) is 29.5. The minimum atomic E-state index is -1.31. The molecule has 8 nitrogen and oxygen atoms in total. The van der Waals surface area contributed by atoms with Gasteiger partial charge in [-0.3, -0.25) is 14.6 Å². The van der Waals surface area contributed by atoms with Crippen LogP contribution < -0.4 is 0 Å². The number of piperazine rings is 1. The number of carbonyl (C=O) groups is 3. The van der Waals surface area contributed by atoms with Gasteiger partial charge in [0.05, 0.1) is 5.92 Å². The van der Waals surface area contributed by atoms with E-state index in [-0.39, 0.29) is 24.0 Å². The highest BCUT2D eigenvalue weighted by atomic mass is 16.6. The average Bonchev–Trinajstić information content (AvgIpc) is 2.93. The van der Waals surface area contributed by atoms with Gasteiger partial charge in [-0.15, -0.1) is 0 Å².